The van der Waals surface area contributed by atoms with Crippen LogP contribution in [-0.4, -0.2) is 36.9 Å². The van der Waals surface area contributed by atoms with Gasteiger partial charge in [0.2, 0.25) is 5.82 Å². The van der Waals surface area contributed by atoms with Crippen molar-refractivity contribution >= 4 is 27.5 Å². The van der Waals surface area contributed by atoms with E-state index in [-0.39, 0.29) is 21.7 Å². The number of halogens is 5. The number of amides is 1. The molecule has 1 aromatic carbocycles. The average Bonchev–Trinajstić information content (AvgIpc) is 3.38. The van der Waals surface area contributed by atoms with Gasteiger partial charge in [-0.1, -0.05) is 0 Å². The summed E-state index contributed by atoms with van der Waals surface area (Å²) in [6.45, 7) is 4.83. The molecular weight excluding hydrogens is 505 g/mol. The summed E-state index contributed by atoms with van der Waals surface area (Å²) in [6, 6.07) is 3.33. The molecule has 0 radical (unpaired) electrons. The van der Waals surface area contributed by atoms with Crippen molar-refractivity contribution in [3.8, 4) is 11.3 Å². The molecular formula is C23H20F5N5O2S. The first kappa shape index (κ1) is 25.6. The number of nitrogens with zero attached hydrogens (tertiary/aromatic N) is 4. The predicted molar refractivity (Wildman–Crippen MR) is 122 cm³/mol. The quantitative estimate of drug-likeness (QED) is 0.334. The molecule has 3 atom stereocenters. The fourth-order valence-corrected chi connectivity index (χ4v) is 4.56. The second-order valence-corrected chi connectivity index (χ2v) is 9.29. The van der Waals surface area contributed by atoms with Gasteiger partial charge in [-0.3, -0.25) is 4.79 Å². The SMILES string of the molecule is CC(O)C(C)n1nc(-c2ccc(F)cc2F)c2cc(C(=O)N[C@H](C)c3cnc(C(F)(F)F)nc3)sc21. The number of carbonyl (C=O) groups is 1. The van der Waals surface area contributed by atoms with Crippen molar-refractivity contribution in [2.24, 2.45) is 0 Å². The molecule has 0 bridgehead atoms. The van der Waals surface area contributed by atoms with Gasteiger partial charge in [0.25, 0.3) is 5.91 Å². The molecule has 0 saturated carbocycles. The molecule has 1 amide bonds. The van der Waals surface area contributed by atoms with Gasteiger partial charge in [0, 0.05) is 35.0 Å². The highest BCUT2D eigenvalue weighted by molar-refractivity contribution is 7.20. The van der Waals surface area contributed by atoms with Crippen LogP contribution in [0, 0.1) is 11.6 Å². The second-order valence-electron chi connectivity index (χ2n) is 8.26. The molecule has 0 aliphatic carbocycles. The highest BCUT2D eigenvalue weighted by Gasteiger charge is 2.34. The number of alkyl halides is 3. The van der Waals surface area contributed by atoms with Crippen molar-refractivity contribution in [3.63, 3.8) is 0 Å². The first-order valence-electron chi connectivity index (χ1n) is 10.7. The van der Waals surface area contributed by atoms with Crippen LogP contribution >= 0.6 is 11.3 Å². The van der Waals surface area contributed by atoms with E-state index < -0.39 is 47.7 Å². The Labute approximate surface area is 205 Å². The summed E-state index contributed by atoms with van der Waals surface area (Å²) < 4.78 is 67.6. The lowest BCUT2D eigenvalue weighted by atomic mass is 10.1. The number of hydrogen-bond acceptors (Lipinski definition) is 6. The normalized spacial score (nSPS) is 14.6. The monoisotopic (exact) mass is 525 g/mol. The second kappa shape index (κ2) is 9.54. The maximum Gasteiger partial charge on any atom is 0.451 e. The van der Waals surface area contributed by atoms with E-state index in [1.807, 2.05) is 0 Å². The maximum atomic E-state index is 14.6. The van der Waals surface area contributed by atoms with Gasteiger partial charge < -0.3 is 10.4 Å². The lowest BCUT2D eigenvalue weighted by molar-refractivity contribution is -0.145. The van der Waals surface area contributed by atoms with Crippen molar-refractivity contribution in [2.75, 3.05) is 0 Å². The Morgan fingerprint density at radius 2 is 1.78 bits per heavy atom. The van der Waals surface area contributed by atoms with Gasteiger partial charge in [-0.05, 0) is 39.0 Å². The first-order chi connectivity index (χ1) is 16.9. The summed E-state index contributed by atoms with van der Waals surface area (Å²) in [7, 11) is 0. The predicted octanol–water partition coefficient (Wildman–Crippen LogP) is 5.28. The van der Waals surface area contributed by atoms with Gasteiger partial charge in [-0.2, -0.15) is 18.3 Å². The van der Waals surface area contributed by atoms with Gasteiger partial charge in [-0.25, -0.2) is 23.4 Å². The molecule has 3 aromatic heterocycles. The standard InChI is InChI=1S/C23H20F5N5O2S/c1-10(13-8-29-22(30-9-13)23(26,27)28)31-20(35)18-7-16-19(15-5-4-14(24)6-17(15)25)32-33(21(16)36-18)11(2)12(3)34/h4-12,34H,1-3H3,(H,31,35)/t10-,11?,12?/m1/s1. The minimum atomic E-state index is -4.68. The highest BCUT2D eigenvalue weighted by atomic mass is 32.1. The number of benzene rings is 1. The highest BCUT2D eigenvalue weighted by Crippen LogP contribution is 2.37. The van der Waals surface area contributed by atoms with Gasteiger partial charge in [0.1, 0.15) is 22.2 Å². The molecule has 13 heteroatoms. The molecule has 3 heterocycles. The zero-order valence-corrected chi connectivity index (χ0v) is 20.0. The number of fused-ring (bicyclic) bond motifs is 1. The molecule has 0 spiro atoms. The molecule has 190 valence electrons. The van der Waals surface area contributed by atoms with Crippen LogP contribution in [0.3, 0.4) is 0 Å². The van der Waals surface area contributed by atoms with E-state index >= 15 is 0 Å². The molecule has 0 aliphatic heterocycles. The fourth-order valence-electron chi connectivity index (χ4n) is 3.46. The number of nitrogens with one attached hydrogen (secondary N) is 1. The number of thiophene rings is 1. The number of hydrogen-bond donors (Lipinski definition) is 2. The summed E-state index contributed by atoms with van der Waals surface area (Å²) in [5.41, 5.74) is 0.466. The molecule has 0 aliphatic rings. The van der Waals surface area contributed by atoms with Crippen LogP contribution in [0.25, 0.3) is 21.5 Å². The Morgan fingerprint density at radius 3 is 2.36 bits per heavy atom. The summed E-state index contributed by atoms with van der Waals surface area (Å²) >= 11 is 1.05. The summed E-state index contributed by atoms with van der Waals surface area (Å²) in [5.74, 6) is -3.41. The number of aromatic nitrogens is 4. The van der Waals surface area contributed by atoms with E-state index in [1.165, 1.54) is 16.8 Å². The lowest BCUT2D eigenvalue weighted by Crippen LogP contribution is -2.26. The minimum absolute atomic E-state index is 0.0259. The van der Waals surface area contributed by atoms with Crippen molar-refractivity contribution in [2.45, 2.75) is 45.1 Å². The van der Waals surface area contributed by atoms with Crippen molar-refractivity contribution in [3.05, 3.63) is 64.6 Å². The van der Waals surface area contributed by atoms with Crippen molar-refractivity contribution < 1.29 is 31.9 Å². The van der Waals surface area contributed by atoms with E-state index in [0.717, 1.165) is 35.9 Å². The Kier molecular flexibility index (Phi) is 6.80. The number of carbonyl (C=O) groups excluding carboxylic acids is 1. The lowest BCUT2D eigenvalue weighted by Gasteiger charge is -2.16. The fraction of sp³-hybridized carbons (Fsp3) is 0.304. The van der Waals surface area contributed by atoms with E-state index in [2.05, 4.69) is 20.4 Å². The Bertz CT molecular complexity index is 1420. The van der Waals surface area contributed by atoms with Crippen LogP contribution in [0.4, 0.5) is 22.0 Å². The molecule has 4 rings (SSSR count). The molecule has 2 N–H and O–H groups in total. The Balaban J connectivity index is 1.68. The number of rotatable bonds is 6. The van der Waals surface area contributed by atoms with Crippen molar-refractivity contribution in [1.82, 2.24) is 25.1 Å². The maximum absolute atomic E-state index is 14.6. The summed E-state index contributed by atoms with van der Waals surface area (Å²) in [5, 5.41) is 17.6. The molecule has 4 aromatic rings. The van der Waals surface area contributed by atoms with Crippen LogP contribution in [0.15, 0.2) is 36.7 Å². The molecule has 0 saturated heterocycles. The van der Waals surface area contributed by atoms with E-state index in [0.29, 0.717) is 10.2 Å². The zero-order valence-electron chi connectivity index (χ0n) is 19.1. The summed E-state index contributed by atoms with van der Waals surface area (Å²) in [6.07, 6.45) is -3.52. The van der Waals surface area contributed by atoms with Crippen LogP contribution in [-0.2, 0) is 6.18 Å². The third-order valence-electron chi connectivity index (χ3n) is 5.65. The van der Waals surface area contributed by atoms with E-state index in [4.69, 9.17) is 0 Å². The first-order valence-corrected chi connectivity index (χ1v) is 11.5. The topological polar surface area (TPSA) is 92.9 Å². The van der Waals surface area contributed by atoms with E-state index in [1.54, 1.807) is 20.8 Å². The van der Waals surface area contributed by atoms with Gasteiger partial charge in [0.15, 0.2) is 0 Å². The molecule has 0 fully saturated rings. The van der Waals surface area contributed by atoms with Crippen LogP contribution in [0.2, 0.25) is 0 Å². The largest absolute Gasteiger partial charge is 0.451 e. The van der Waals surface area contributed by atoms with Gasteiger partial charge in [0.05, 0.1) is 23.1 Å². The summed E-state index contributed by atoms with van der Waals surface area (Å²) in [4.78, 5) is 20.3. The van der Waals surface area contributed by atoms with Crippen LogP contribution in [0.5, 0.6) is 0 Å². The Hall–Kier alpha value is -3.45. The third kappa shape index (κ3) is 4.93. The molecule has 2 unspecified atom stereocenters. The van der Waals surface area contributed by atoms with Gasteiger partial charge in [-0.15, -0.1) is 11.3 Å². The van der Waals surface area contributed by atoms with Crippen molar-refractivity contribution in [1.29, 1.82) is 0 Å². The van der Waals surface area contributed by atoms with Crippen LogP contribution < -0.4 is 5.32 Å². The zero-order chi connectivity index (χ0) is 26.4. The average molecular weight is 526 g/mol. The van der Waals surface area contributed by atoms with Crippen LogP contribution in [0.1, 0.15) is 53.9 Å². The van der Waals surface area contributed by atoms with Gasteiger partial charge >= 0.3 is 6.18 Å². The third-order valence-corrected chi connectivity index (χ3v) is 6.77. The number of aliphatic hydroxyl groups is 1. The minimum Gasteiger partial charge on any atom is -0.391 e. The number of aliphatic hydroxyl groups excluding tert-OH is 1. The smallest absolute Gasteiger partial charge is 0.391 e. The molecule has 36 heavy (non-hydrogen) atoms. The Morgan fingerprint density at radius 1 is 1.11 bits per heavy atom. The molecule has 7 nitrogen and oxygen atoms in total. The van der Waals surface area contributed by atoms with E-state index in [9.17, 15) is 31.9 Å².